The Morgan fingerprint density at radius 3 is 3.07 bits per heavy atom. The van der Waals surface area contributed by atoms with Crippen molar-refractivity contribution in [3.8, 4) is 0 Å². The van der Waals surface area contributed by atoms with Crippen molar-refractivity contribution in [1.82, 2.24) is 0 Å². The standard InChI is InChI=1S/C12H14O2S/c1-3-5-10(7-8-12(13)14-2)11-6-4-9-15-11/h3-4,6-10H,1,5H2,2H3/b8-7+/t10-/m0/s1. The molecule has 2 nitrogen and oxygen atoms in total. The summed E-state index contributed by atoms with van der Waals surface area (Å²) in [7, 11) is 1.38. The van der Waals surface area contributed by atoms with Crippen LogP contribution in [0.2, 0.25) is 0 Å². The van der Waals surface area contributed by atoms with Gasteiger partial charge in [0.2, 0.25) is 0 Å². The maximum atomic E-state index is 11.0. The van der Waals surface area contributed by atoms with Gasteiger partial charge in [-0.05, 0) is 17.9 Å². The van der Waals surface area contributed by atoms with E-state index in [-0.39, 0.29) is 11.9 Å². The van der Waals surface area contributed by atoms with Crippen LogP contribution in [-0.4, -0.2) is 13.1 Å². The molecule has 0 aliphatic heterocycles. The molecule has 0 bridgehead atoms. The number of thiophene rings is 1. The maximum Gasteiger partial charge on any atom is 0.330 e. The number of esters is 1. The molecule has 0 radical (unpaired) electrons. The number of carbonyl (C=O) groups is 1. The fourth-order valence-corrected chi connectivity index (χ4v) is 2.06. The van der Waals surface area contributed by atoms with Gasteiger partial charge in [-0.1, -0.05) is 18.2 Å². The summed E-state index contributed by atoms with van der Waals surface area (Å²) in [5.74, 6) is -0.0952. The van der Waals surface area contributed by atoms with Crippen LogP contribution in [0.15, 0.2) is 42.3 Å². The first kappa shape index (κ1) is 11.7. The molecule has 1 atom stereocenters. The van der Waals surface area contributed by atoms with Gasteiger partial charge >= 0.3 is 5.97 Å². The van der Waals surface area contributed by atoms with Gasteiger partial charge in [-0.25, -0.2) is 4.79 Å². The highest BCUT2D eigenvalue weighted by Crippen LogP contribution is 2.25. The van der Waals surface area contributed by atoms with E-state index in [2.05, 4.69) is 17.4 Å². The Labute approximate surface area is 93.9 Å². The first-order valence-corrected chi connectivity index (χ1v) is 5.56. The maximum absolute atomic E-state index is 11.0. The summed E-state index contributed by atoms with van der Waals surface area (Å²) in [6.07, 6.45) is 6.01. The average Bonchev–Trinajstić information content (AvgIpc) is 2.76. The number of rotatable bonds is 5. The first-order valence-electron chi connectivity index (χ1n) is 4.68. The predicted octanol–water partition coefficient (Wildman–Crippen LogP) is 3.14. The number of methoxy groups -OCH3 is 1. The molecule has 0 aromatic carbocycles. The SMILES string of the molecule is C=CC[C@@H](/C=C/C(=O)OC)c1cccs1. The fourth-order valence-electron chi connectivity index (χ4n) is 1.23. The molecule has 80 valence electrons. The van der Waals surface area contributed by atoms with Gasteiger partial charge in [0.15, 0.2) is 0 Å². The smallest absolute Gasteiger partial charge is 0.330 e. The van der Waals surface area contributed by atoms with Crippen LogP contribution in [0.1, 0.15) is 17.2 Å². The highest BCUT2D eigenvalue weighted by molar-refractivity contribution is 7.10. The van der Waals surface area contributed by atoms with E-state index in [0.717, 1.165) is 6.42 Å². The third kappa shape index (κ3) is 3.72. The molecule has 0 saturated heterocycles. The highest BCUT2D eigenvalue weighted by Gasteiger charge is 2.07. The minimum Gasteiger partial charge on any atom is -0.466 e. The molecule has 0 spiro atoms. The van der Waals surface area contributed by atoms with E-state index in [1.807, 2.05) is 23.6 Å². The van der Waals surface area contributed by atoms with Gasteiger partial charge in [-0.2, -0.15) is 0 Å². The molecule has 1 rings (SSSR count). The molecule has 0 unspecified atom stereocenters. The van der Waals surface area contributed by atoms with Crippen LogP contribution in [0.3, 0.4) is 0 Å². The lowest BCUT2D eigenvalue weighted by Crippen LogP contribution is -1.96. The van der Waals surface area contributed by atoms with E-state index in [0.29, 0.717) is 0 Å². The van der Waals surface area contributed by atoms with Crippen LogP contribution in [-0.2, 0) is 9.53 Å². The Morgan fingerprint density at radius 1 is 1.73 bits per heavy atom. The van der Waals surface area contributed by atoms with Crippen LogP contribution in [0.5, 0.6) is 0 Å². The second kappa shape index (κ2) is 6.19. The van der Waals surface area contributed by atoms with Crippen LogP contribution in [0.4, 0.5) is 0 Å². The zero-order valence-electron chi connectivity index (χ0n) is 8.68. The molecule has 0 saturated carbocycles. The Kier molecular flexibility index (Phi) is 4.84. The highest BCUT2D eigenvalue weighted by atomic mass is 32.1. The van der Waals surface area contributed by atoms with E-state index in [1.54, 1.807) is 11.3 Å². The van der Waals surface area contributed by atoms with Gasteiger partial charge in [-0.15, -0.1) is 17.9 Å². The minimum absolute atomic E-state index is 0.224. The molecule has 0 aliphatic carbocycles. The van der Waals surface area contributed by atoms with Crippen molar-refractivity contribution in [2.45, 2.75) is 12.3 Å². The van der Waals surface area contributed by atoms with E-state index < -0.39 is 0 Å². The third-order valence-corrected chi connectivity index (χ3v) is 3.00. The van der Waals surface area contributed by atoms with E-state index >= 15 is 0 Å². The number of hydrogen-bond donors (Lipinski definition) is 0. The first-order chi connectivity index (χ1) is 7.27. The largest absolute Gasteiger partial charge is 0.466 e. The van der Waals surface area contributed by atoms with Crippen molar-refractivity contribution in [2.75, 3.05) is 7.11 Å². The molecule has 1 aromatic rings. The summed E-state index contributed by atoms with van der Waals surface area (Å²) in [6.45, 7) is 3.71. The Morgan fingerprint density at radius 2 is 2.53 bits per heavy atom. The fraction of sp³-hybridized carbons (Fsp3) is 0.250. The second-order valence-corrected chi connectivity index (χ2v) is 4.01. The molecule has 0 aliphatic rings. The third-order valence-electron chi connectivity index (χ3n) is 2.00. The normalized spacial score (nSPS) is 12.6. The van der Waals surface area contributed by atoms with E-state index in [1.165, 1.54) is 18.1 Å². The van der Waals surface area contributed by atoms with Crippen molar-refractivity contribution in [2.24, 2.45) is 0 Å². The van der Waals surface area contributed by atoms with Gasteiger partial charge < -0.3 is 4.74 Å². The lowest BCUT2D eigenvalue weighted by molar-refractivity contribution is -0.134. The average molecular weight is 222 g/mol. The summed E-state index contributed by atoms with van der Waals surface area (Å²) >= 11 is 1.68. The molecule has 0 amide bonds. The molecule has 3 heteroatoms. The van der Waals surface area contributed by atoms with Crippen molar-refractivity contribution in [3.05, 3.63) is 47.2 Å². The van der Waals surface area contributed by atoms with Gasteiger partial charge in [-0.3, -0.25) is 0 Å². The number of ether oxygens (including phenoxy) is 1. The molecular formula is C12H14O2S. The summed E-state index contributed by atoms with van der Waals surface area (Å²) < 4.78 is 4.55. The Bertz CT molecular complexity index is 339. The van der Waals surface area contributed by atoms with Gasteiger partial charge in [0.05, 0.1) is 7.11 Å². The molecule has 1 heterocycles. The van der Waals surface area contributed by atoms with Crippen LogP contribution in [0.25, 0.3) is 0 Å². The monoisotopic (exact) mass is 222 g/mol. The Balaban J connectivity index is 2.71. The van der Waals surface area contributed by atoms with Crippen molar-refractivity contribution in [3.63, 3.8) is 0 Å². The van der Waals surface area contributed by atoms with Crippen molar-refractivity contribution >= 4 is 17.3 Å². The number of allylic oxidation sites excluding steroid dienone is 2. The summed E-state index contributed by atoms with van der Waals surface area (Å²) in [5.41, 5.74) is 0. The summed E-state index contributed by atoms with van der Waals surface area (Å²) in [5, 5.41) is 2.03. The van der Waals surface area contributed by atoms with Gasteiger partial charge in [0.1, 0.15) is 0 Å². The lowest BCUT2D eigenvalue weighted by Gasteiger charge is -2.06. The summed E-state index contributed by atoms with van der Waals surface area (Å²) in [4.78, 5) is 12.2. The van der Waals surface area contributed by atoms with Crippen LogP contribution >= 0.6 is 11.3 Å². The van der Waals surface area contributed by atoms with E-state index in [4.69, 9.17) is 0 Å². The van der Waals surface area contributed by atoms with Gasteiger partial charge in [0, 0.05) is 16.9 Å². The molecule has 0 N–H and O–H groups in total. The van der Waals surface area contributed by atoms with Crippen molar-refractivity contribution < 1.29 is 9.53 Å². The topological polar surface area (TPSA) is 26.3 Å². The zero-order valence-corrected chi connectivity index (χ0v) is 9.50. The molecule has 0 fully saturated rings. The van der Waals surface area contributed by atoms with Gasteiger partial charge in [0.25, 0.3) is 0 Å². The van der Waals surface area contributed by atoms with Crippen LogP contribution in [0, 0.1) is 0 Å². The molecule has 1 aromatic heterocycles. The second-order valence-electron chi connectivity index (χ2n) is 3.03. The number of carbonyl (C=O) groups excluding carboxylic acids is 1. The summed E-state index contributed by atoms with van der Waals surface area (Å²) in [6, 6.07) is 4.06. The quantitative estimate of drug-likeness (QED) is 0.434. The molecule has 15 heavy (non-hydrogen) atoms. The molecular weight excluding hydrogens is 208 g/mol. The minimum atomic E-state index is -0.319. The van der Waals surface area contributed by atoms with Crippen molar-refractivity contribution in [1.29, 1.82) is 0 Å². The van der Waals surface area contributed by atoms with E-state index in [9.17, 15) is 4.79 Å². The zero-order chi connectivity index (χ0) is 11.1. The lowest BCUT2D eigenvalue weighted by atomic mass is 10.0. The number of hydrogen-bond acceptors (Lipinski definition) is 3. The Hall–Kier alpha value is -1.35. The predicted molar refractivity (Wildman–Crippen MR) is 63.0 cm³/mol. The van der Waals surface area contributed by atoms with Crippen LogP contribution < -0.4 is 0 Å².